The molecule has 4 rings (SSSR count). The highest BCUT2D eigenvalue weighted by molar-refractivity contribution is 7.99. The summed E-state index contributed by atoms with van der Waals surface area (Å²) >= 11 is 1.57. The summed E-state index contributed by atoms with van der Waals surface area (Å²) in [6, 6.07) is 19.6. The molecule has 1 N–H and O–H groups in total. The van der Waals surface area contributed by atoms with Crippen LogP contribution in [0, 0.1) is 0 Å². The first-order chi connectivity index (χ1) is 14.2. The number of nitrogens with zero attached hydrogens (tertiary/aromatic N) is 3. The van der Waals surface area contributed by atoms with Crippen molar-refractivity contribution >= 4 is 40.8 Å². The summed E-state index contributed by atoms with van der Waals surface area (Å²) in [5, 5.41) is 8.38. The Balaban J connectivity index is 1.63. The minimum absolute atomic E-state index is 0.0555. The molecule has 0 fully saturated rings. The number of aromatic nitrogens is 3. The van der Waals surface area contributed by atoms with Crippen molar-refractivity contribution < 1.29 is 4.79 Å². The Hall–Kier alpha value is -3.38. The molecule has 2 aromatic heterocycles. The predicted octanol–water partition coefficient (Wildman–Crippen LogP) is 4.96. The van der Waals surface area contributed by atoms with Crippen LogP contribution in [0.1, 0.15) is 23.0 Å². The van der Waals surface area contributed by atoms with Gasteiger partial charge >= 0.3 is 0 Å². The van der Waals surface area contributed by atoms with E-state index in [9.17, 15) is 4.79 Å². The Labute approximate surface area is 173 Å². The van der Waals surface area contributed by atoms with E-state index in [1.165, 1.54) is 0 Å². The first-order valence-corrected chi connectivity index (χ1v) is 10.2. The van der Waals surface area contributed by atoms with Crippen molar-refractivity contribution in [3.05, 3.63) is 84.3 Å². The lowest BCUT2D eigenvalue weighted by molar-refractivity contribution is 0.0953. The van der Waals surface area contributed by atoms with Gasteiger partial charge in [-0.3, -0.25) is 9.78 Å². The van der Waals surface area contributed by atoms with Gasteiger partial charge in [-0.05, 0) is 49.4 Å². The molecule has 4 aromatic rings. The van der Waals surface area contributed by atoms with E-state index in [0.29, 0.717) is 12.1 Å². The summed E-state index contributed by atoms with van der Waals surface area (Å²) < 4.78 is 1.84. The van der Waals surface area contributed by atoms with Crippen LogP contribution in [-0.2, 0) is 0 Å². The van der Waals surface area contributed by atoms with Crippen LogP contribution in [0.15, 0.2) is 82.8 Å². The maximum Gasteiger partial charge on any atom is 0.252 e. The average molecular weight is 401 g/mol. The van der Waals surface area contributed by atoms with E-state index in [1.54, 1.807) is 18.0 Å². The SMILES string of the molecule is CCNC(=O)c1ccccc1Sc1ccc2cnn(C=Cc3ccccn3)c2c1. The Morgan fingerprint density at radius 1 is 1.14 bits per heavy atom. The minimum Gasteiger partial charge on any atom is -0.352 e. The van der Waals surface area contributed by atoms with Crippen LogP contribution < -0.4 is 5.32 Å². The lowest BCUT2D eigenvalue weighted by atomic mass is 10.2. The standard InChI is InChI=1S/C23H20N4OS/c1-2-24-23(28)20-8-3-4-9-22(20)29-19-11-10-17-16-26-27(21(17)15-19)14-12-18-7-5-6-13-25-18/h3-16H,2H2,1H3,(H,24,28). The monoisotopic (exact) mass is 400 g/mol. The molecular weight excluding hydrogens is 380 g/mol. The second-order valence-corrected chi connectivity index (χ2v) is 7.45. The Morgan fingerprint density at radius 2 is 2.00 bits per heavy atom. The third-order valence-electron chi connectivity index (χ3n) is 4.34. The lowest BCUT2D eigenvalue weighted by Gasteiger charge is -2.09. The van der Waals surface area contributed by atoms with Crippen molar-refractivity contribution in [2.75, 3.05) is 6.54 Å². The van der Waals surface area contributed by atoms with E-state index < -0.39 is 0 Å². The van der Waals surface area contributed by atoms with Gasteiger partial charge in [0.15, 0.2) is 0 Å². The molecule has 0 aliphatic rings. The molecule has 2 heterocycles. The number of nitrogens with one attached hydrogen (secondary N) is 1. The quantitative estimate of drug-likeness (QED) is 0.497. The highest BCUT2D eigenvalue weighted by Crippen LogP contribution is 2.32. The molecule has 144 valence electrons. The molecule has 0 aliphatic carbocycles. The van der Waals surface area contributed by atoms with Crippen LogP contribution >= 0.6 is 11.8 Å². The van der Waals surface area contributed by atoms with Crippen molar-refractivity contribution in [1.29, 1.82) is 0 Å². The maximum absolute atomic E-state index is 12.3. The molecule has 0 bridgehead atoms. The van der Waals surface area contributed by atoms with Gasteiger partial charge in [0.2, 0.25) is 0 Å². The molecule has 0 atom stereocenters. The number of carbonyl (C=O) groups is 1. The minimum atomic E-state index is -0.0555. The van der Waals surface area contributed by atoms with Gasteiger partial charge in [-0.15, -0.1) is 0 Å². The summed E-state index contributed by atoms with van der Waals surface area (Å²) in [6.45, 7) is 2.52. The highest BCUT2D eigenvalue weighted by Gasteiger charge is 2.12. The zero-order chi connectivity index (χ0) is 20.1. The number of hydrogen-bond donors (Lipinski definition) is 1. The van der Waals surface area contributed by atoms with Gasteiger partial charge in [-0.25, -0.2) is 4.68 Å². The molecule has 2 aromatic carbocycles. The van der Waals surface area contributed by atoms with E-state index in [4.69, 9.17) is 0 Å². The van der Waals surface area contributed by atoms with Crippen molar-refractivity contribution in [3.8, 4) is 0 Å². The Morgan fingerprint density at radius 3 is 2.83 bits per heavy atom. The number of fused-ring (bicyclic) bond motifs is 1. The molecule has 0 saturated heterocycles. The lowest BCUT2D eigenvalue weighted by Crippen LogP contribution is -2.23. The smallest absolute Gasteiger partial charge is 0.252 e. The number of benzene rings is 2. The number of hydrogen-bond acceptors (Lipinski definition) is 4. The van der Waals surface area contributed by atoms with E-state index >= 15 is 0 Å². The normalized spacial score (nSPS) is 11.2. The van der Waals surface area contributed by atoms with E-state index in [1.807, 2.05) is 78.6 Å². The fourth-order valence-electron chi connectivity index (χ4n) is 2.95. The fourth-order valence-corrected chi connectivity index (χ4v) is 3.93. The van der Waals surface area contributed by atoms with E-state index in [0.717, 1.165) is 26.4 Å². The predicted molar refractivity (Wildman–Crippen MR) is 118 cm³/mol. The fraction of sp³-hybridized carbons (Fsp3) is 0.0870. The van der Waals surface area contributed by atoms with Crippen molar-refractivity contribution in [3.63, 3.8) is 0 Å². The summed E-state index contributed by atoms with van der Waals surface area (Å²) in [7, 11) is 0. The van der Waals surface area contributed by atoms with Crippen LogP contribution in [0.3, 0.4) is 0 Å². The van der Waals surface area contributed by atoms with Gasteiger partial charge < -0.3 is 5.32 Å². The largest absolute Gasteiger partial charge is 0.352 e. The van der Waals surface area contributed by atoms with Gasteiger partial charge in [0.05, 0.1) is 23.0 Å². The van der Waals surface area contributed by atoms with Gasteiger partial charge in [0, 0.05) is 34.1 Å². The van der Waals surface area contributed by atoms with Gasteiger partial charge in [0.25, 0.3) is 5.91 Å². The van der Waals surface area contributed by atoms with Crippen LogP contribution in [-0.4, -0.2) is 27.2 Å². The van der Waals surface area contributed by atoms with E-state index in [-0.39, 0.29) is 5.91 Å². The van der Waals surface area contributed by atoms with Crippen LogP contribution in [0.2, 0.25) is 0 Å². The van der Waals surface area contributed by atoms with E-state index in [2.05, 4.69) is 27.5 Å². The number of pyridine rings is 1. The molecule has 0 radical (unpaired) electrons. The topological polar surface area (TPSA) is 59.8 Å². The third-order valence-corrected chi connectivity index (χ3v) is 5.41. The zero-order valence-corrected chi connectivity index (χ0v) is 16.8. The average Bonchev–Trinajstić information content (AvgIpc) is 3.16. The molecular formula is C23H20N4OS. The first kappa shape index (κ1) is 19.0. The Bertz CT molecular complexity index is 1170. The van der Waals surface area contributed by atoms with Crippen molar-refractivity contribution in [1.82, 2.24) is 20.1 Å². The number of carbonyl (C=O) groups excluding carboxylic acids is 1. The van der Waals surface area contributed by atoms with Crippen LogP contribution in [0.4, 0.5) is 0 Å². The number of rotatable bonds is 6. The molecule has 0 saturated carbocycles. The van der Waals surface area contributed by atoms with Gasteiger partial charge in [0.1, 0.15) is 0 Å². The molecule has 6 heteroatoms. The molecule has 1 amide bonds. The highest BCUT2D eigenvalue weighted by atomic mass is 32.2. The Kier molecular flexibility index (Phi) is 5.72. The molecule has 0 unspecified atom stereocenters. The van der Waals surface area contributed by atoms with Gasteiger partial charge in [-0.2, -0.15) is 5.10 Å². The van der Waals surface area contributed by atoms with Crippen molar-refractivity contribution in [2.24, 2.45) is 0 Å². The summed E-state index contributed by atoms with van der Waals surface area (Å²) in [4.78, 5) is 18.6. The van der Waals surface area contributed by atoms with Crippen molar-refractivity contribution in [2.45, 2.75) is 16.7 Å². The van der Waals surface area contributed by atoms with Crippen LogP contribution in [0.5, 0.6) is 0 Å². The molecule has 0 aliphatic heterocycles. The molecule has 5 nitrogen and oxygen atoms in total. The second-order valence-electron chi connectivity index (χ2n) is 6.34. The van der Waals surface area contributed by atoms with Gasteiger partial charge in [-0.1, -0.05) is 36.0 Å². The number of amides is 1. The summed E-state index contributed by atoms with van der Waals surface area (Å²) in [5.41, 5.74) is 2.55. The second kappa shape index (κ2) is 8.75. The van der Waals surface area contributed by atoms with Crippen LogP contribution in [0.25, 0.3) is 23.2 Å². The maximum atomic E-state index is 12.3. The molecule has 0 spiro atoms. The zero-order valence-electron chi connectivity index (χ0n) is 15.9. The molecule has 29 heavy (non-hydrogen) atoms. The summed E-state index contributed by atoms with van der Waals surface area (Å²) in [5.74, 6) is -0.0555. The summed E-state index contributed by atoms with van der Waals surface area (Å²) in [6.07, 6.45) is 7.44. The third kappa shape index (κ3) is 4.38. The first-order valence-electron chi connectivity index (χ1n) is 9.36.